The molecular weight excluding hydrogens is 348 g/mol. The van der Waals surface area contributed by atoms with Crippen LogP contribution in [0.3, 0.4) is 0 Å². The highest BCUT2D eigenvalue weighted by Gasteiger charge is 2.41. The van der Waals surface area contributed by atoms with Gasteiger partial charge in [-0.25, -0.2) is 0 Å². The van der Waals surface area contributed by atoms with Crippen LogP contribution in [-0.4, -0.2) is 46.6 Å². The number of esters is 2. The van der Waals surface area contributed by atoms with Crippen molar-refractivity contribution < 1.29 is 29.3 Å². The smallest absolute Gasteiger partial charge is 0.308 e. The van der Waals surface area contributed by atoms with E-state index < -0.39 is 18.3 Å². The maximum atomic E-state index is 11.6. The molecule has 0 aromatic heterocycles. The van der Waals surface area contributed by atoms with E-state index in [0.717, 1.165) is 5.57 Å². The lowest BCUT2D eigenvalue weighted by Gasteiger charge is -2.41. The summed E-state index contributed by atoms with van der Waals surface area (Å²) in [4.78, 5) is 23.2. The zero-order chi connectivity index (χ0) is 20.1. The minimum Gasteiger partial charge on any atom is -0.462 e. The fourth-order valence-electron chi connectivity index (χ4n) is 4.34. The van der Waals surface area contributed by atoms with Crippen LogP contribution in [0, 0.1) is 17.8 Å². The summed E-state index contributed by atoms with van der Waals surface area (Å²) in [5.74, 6) is -0.752. The fourth-order valence-corrected chi connectivity index (χ4v) is 4.34. The molecule has 27 heavy (non-hydrogen) atoms. The second kappa shape index (κ2) is 9.51. The van der Waals surface area contributed by atoms with E-state index in [2.05, 4.69) is 13.5 Å². The molecule has 1 heterocycles. The molecule has 0 aromatic carbocycles. The van der Waals surface area contributed by atoms with Crippen molar-refractivity contribution in [2.24, 2.45) is 17.8 Å². The van der Waals surface area contributed by atoms with Crippen LogP contribution in [0.2, 0.25) is 0 Å². The van der Waals surface area contributed by atoms with Gasteiger partial charge >= 0.3 is 11.9 Å². The standard InChI is InChI=1S/C21H32O6/c1-12(2)9-19(26-14(4)22)21-17(13(3)5-8-18(21)24)7-6-16-10-15(23)11-20(25)27-16/h5,8,13,15-19,21,23-24H,1,6-7,9-11H2,2-4H3/t13-,15+,16+,17-,18+,19-,21+/m0/s1. The largest absolute Gasteiger partial charge is 0.462 e. The average molecular weight is 380 g/mol. The Morgan fingerprint density at radius 1 is 1.33 bits per heavy atom. The number of hydrogen-bond acceptors (Lipinski definition) is 6. The van der Waals surface area contributed by atoms with Crippen molar-refractivity contribution in [3.8, 4) is 0 Å². The first-order chi connectivity index (χ1) is 12.7. The summed E-state index contributed by atoms with van der Waals surface area (Å²) in [7, 11) is 0. The topological polar surface area (TPSA) is 93.1 Å². The fraction of sp³-hybridized carbons (Fsp3) is 0.714. The van der Waals surface area contributed by atoms with Gasteiger partial charge in [0.25, 0.3) is 0 Å². The van der Waals surface area contributed by atoms with Crippen LogP contribution < -0.4 is 0 Å². The van der Waals surface area contributed by atoms with Crippen LogP contribution in [-0.2, 0) is 19.1 Å². The van der Waals surface area contributed by atoms with E-state index >= 15 is 0 Å². The molecule has 0 saturated carbocycles. The van der Waals surface area contributed by atoms with Crippen molar-refractivity contribution >= 4 is 11.9 Å². The average Bonchev–Trinajstić information content (AvgIpc) is 2.53. The third-order valence-electron chi connectivity index (χ3n) is 5.53. The molecule has 0 radical (unpaired) electrons. The third kappa shape index (κ3) is 6.18. The Hall–Kier alpha value is -1.66. The summed E-state index contributed by atoms with van der Waals surface area (Å²) in [5, 5.41) is 20.4. The van der Waals surface area contributed by atoms with Crippen LogP contribution in [0.1, 0.15) is 52.9 Å². The first-order valence-electron chi connectivity index (χ1n) is 9.73. The van der Waals surface area contributed by atoms with Crippen LogP contribution in [0.25, 0.3) is 0 Å². The Morgan fingerprint density at radius 3 is 2.63 bits per heavy atom. The number of allylic oxidation sites excluding steroid dienone is 1. The molecule has 7 atom stereocenters. The minimum atomic E-state index is -0.714. The molecule has 0 bridgehead atoms. The van der Waals surface area contributed by atoms with Gasteiger partial charge in [-0.1, -0.05) is 24.6 Å². The predicted octanol–water partition coefficient (Wildman–Crippen LogP) is 2.53. The van der Waals surface area contributed by atoms with Crippen LogP contribution in [0.4, 0.5) is 0 Å². The molecule has 0 amide bonds. The highest BCUT2D eigenvalue weighted by molar-refractivity contribution is 5.70. The molecule has 0 spiro atoms. The number of carbonyl (C=O) groups excluding carboxylic acids is 2. The molecule has 1 fully saturated rings. The lowest BCUT2D eigenvalue weighted by Crippen LogP contribution is -2.44. The predicted molar refractivity (Wildman–Crippen MR) is 101 cm³/mol. The van der Waals surface area contributed by atoms with Gasteiger partial charge < -0.3 is 19.7 Å². The van der Waals surface area contributed by atoms with Gasteiger partial charge in [-0.2, -0.15) is 0 Å². The molecule has 152 valence electrons. The molecule has 1 saturated heterocycles. The number of hydrogen-bond donors (Lipinski definition) is 2. The van der Waals surface area contributed by atoms with Gasteiger partial charge in [-0.3, -0.25) is 9.59 Å². The van der Waals surface area contributed by atoms with E-state index in [-0.39, 0.29) is 42.2 Å². The molecule has 2 aliphatic rings. The van der Waals surface area contributed by atoms with Crippen molar-refractivity contribution in [1.82, 2.24) is 0 Å². The summed E-state index contributed by atoms with van der Waals surface area (Å²) < 4.78 is 10.9. The number of cyclic esters (lactones) is 1. The highest BCUT2D eigenvalue weighted by atomic mass is 16.5. The minimum absolute atomic E-state index is 0.0492. The second-order valence-corrected chi connectivity index (χ2v) is 8.07. The summed E-state index contributed by atoms with van der Waals surface area (Å²) in [5.41, 5.74) is 0.888. The molecule has 1 aliphatic carbocycles. The van der Waals surface area contributed by atoms with Gasteiger partial charge in [0.1, 0.15) is 12.2 Å². The first-order valence-corrected chi connectivity index (χ1v) is 9.73. The lowest BCUT2D eigenvalue weighted by atomic mass is 9.69. The molecule has 0 aromatic rings. The van der Waals surface area contributed by atoms with Gasteiger partial charge in [0.05, 0.1) is 18.6 Å². The maximum Gasteiger partial charge on any atom is 0.308 e. The van der Waals surface area contributed by atoms with Crippen LogP contribution in [0.5, 0.6) is 0 Å². The van der Waals surface area contributed by atoms with Crippen LogP contribution >= 0.6 is 0 Å². The number of carbonyl (C=O) groups is 2. The lowest BCUT2D eigenvalue weighted by molar-refractivity contribution is -0.162. The van der Waals surface area contributed by atoms with Gasteiger partial charge in [-0.05, 0) is 31.6 Å². The van der Waals surface area contributed by atoms with Gasteiger partial charge in [0.2, 0.25) is 0 Å². The Bertz CT molecular complexity index is 567. The molecule has 6 heteroatoms. The number of aliphatic hydroxyl groups excluding tert-OH is 2. The second-order valence-electron chi connectivity index (χ2n) is 8.07. The van der Waals surface area contributed by atoms with Crippen molar-refractivity contribution in [3.05, 3.63) is 24.3 Å². The zero-order valence-electron chi connectivity index (χ0n) is 16.5. The zero-order valence-corrected chi connectivity index (χ0v) is 16.5. The molecule has 1 aliphatic heterocycles. The van der Waals surface area contributed by atoms with E-state index in [0.29, 0.717) is 25.7 Å². The third-order valence-corrected chi connectivity index (χ3v) is 5.53. The quantitative estimate of drug-likeness (QED) is 0.521. The monoisotopic (exact) mass is 380 g/mol. The van der Waals surface area contributed by atoms with Crippen molar-refractivity contribution in [2.45, 2.75) is 77.3 Å². The highest BCUT2D eigenvalue weighted by Crippen LogP contribution is 2.39. The summed E-state index contributed by atoms with van der Waals surface area (Å²) in [6.45, 7) is 9.25. The van der Waals surface area contributed by atoms with Gasteiger partial charge in [0, 0.05) is 25.7 Å². The van der Waals surface area contributed by atoms with Crippen LogP contribution in [0.15, 0.2) is 24.3 Å². The molecular formula is C21H32O6. The number of rotatable bonds is 7. The van der Waals surface area contributed by atoms with E-state index in [9.17, 15) is 19.8 Å². The summed E-state index contributed by atoms with van der Waals surface area (Å²) in [6.07, 6.45) is 3.91. The van der Waals surface area contributed by atoms with E-state index in [1.807, 2.05) is 13.0 Å². The van der Waals surface area contributed by atoms with E-state index in [4.69, 9.17) is 9.47 Å². The SMILES string of the molecule is C=C(C)C[C@H](OC(C)=O)[C@@H]1[C@@H](CC[C@@H]2C[C@@H](O)CC(=O)O2)[C@@H](C)C=C[C@H]1O. The van der Waals surface area contributed by atoms with Crippen molar-refractivity contribution in [2.75, 3.05) is 0 Å². The Kier molecular flexibility index (Phi) is 7.62. The number of aliphatic hydroxyl groups is 2. The summed E-state index contributed by atoms with van der Waals surface area (Å²) >= 11 is 0. The first kappa shape index (κ1) is 21.6. The maximum absolute atomic E-state index is 11.6. The van der Waals surface area contributed by atoms with E-state index in [1.165, 1.54) is 6.92 Å². The normalized spacial score (nSPS) is 34.6. The Balaban J connectivity index is 2.13. The molecule has 2 rings (SSSR count). The Morgan fingerprint density at radius 2 is 2.04 bits per heavy atom. The van der Waals surface area contributed by atoms with Gasteiger partial charge in [-0.15, -0.1) is 6.58 Å². The molecule has 0 unspecified atom stereocenters. The van der Waals surface area contributed by atoms with Crippen molar-refractivity contribution in [3.63, 3.8) is 0 Å². The molecule has 6 nitrogen and oxygen atoms in total. The van der Waals surface area contributed by atoms with Gasteiger partial charge in [0.15, 0.2) is 0 Å². The van der Waals surface area contributed by atoms with Crippen molar-refractivity contribution in [1.29, 1.82) is 0 Å². The Labute approximate surface area is 161 Å². The number of ether oxygens (including phenoxy) is 2. The molecule has 2 N–H and O–H groups in total. The van der Waals surface area contributed by atoms with E-state index in [1.54, 1.807) is 6.08 Å². The summed E-state index contributed by atoms with van der Waals surface area (Å²) in [6, 6.07) is 0.